The van der Waals surface area contributed by atoms with Gasteiger partial charge in [-0.05, 0) is 36.9 Å². The minimum Gasteiger partial charge on any atom is -0.494 e. The highest BCUT2D eigenvalue weighted by molar-refractivity contribution is 6.30. The summed E-state index contributed by atoms with van der Waals surface area (Å²) in [5.74, 6) is 2.21. The van der Waals surface area contributed by atoms with Crippen molar-refractivity contribution in [3.05, 3.63) is 65.6 Å². The van der Waals surface area contributed by atoms with Crippen LogP contribution in [-0.2, 0) is 11.2 Å². The van der Waals surface area contributed by atoms with Crippen molar-refractivity contribution in [3.8, 4) is 17.1 Å². The molecule has 3 aromatic heterocycles. The molecule has 10 heteroatoms. The molecule has 0 saturated carbocycles. The van der Waals surface area contributed by atoms with E-state index in [0.29, 0.717) is 27.9 Å². The van der Waals surface area contributed by atoms with Gasteiger partial charge >= 0.3 is 0 Å². The van der Waals surface area contributed by atoms with Crippen LogP contribution in [0.4, 0.5) is 11.6 Å². The van der Waals surface area contributed by atoms with Crippen LogP contribution in [-0.4, -0.2) is 71.1 Å². The summed E-state index contributed by atoms with van der Waals surface area (Å²) in [6, 6.07) is 10.8. The first-order valence-electron chi connectivity index (χ1n) is 11.6. The summed E-state index contributed by atoms with van der Waals surface area (Å²) in [5.41, 5.74) is 2.26. The molecule has 0 bridgehead atoms. The zero-order valence-electron chi connectivity index (χ0n) is 20.1. The van der Waals surface area contributed by atoms with Crippen molar-refractivity contribution in [2.75, 3.05) is 50.6 Å². The van der Waals surface area contributed by atoms with Gasteiger partial charge in [-0.25, -0.2) is 15.0 Å². The molecule has 0 unspecified atom stereocenters. The molecule has 1 aliphatic heterocycles. The van der Waals surface area contributed by atoms with Crippen LogP contribution in [0.1, 0.15) is 5.56 Å². The number of hydrogen-bond acceptors (Lipinski definition) is 8. The van der Waals surface area contributed by atoms with Crippen LogP contribution in [0.15, 0.2) is 55.0 Å². The summed E-state index contributed by atoms with van der Waals surface area (Å²) in [5, 5.41) is 4.29. The largest absolute Gasteiger partial charge is 0.494 e. The molecule has 1 amide bonds. The normalized spacial score (nSPS) is 14.1. The number of anilines is 2. The van der Waals surface area contributed by atoms with Crippen molar-refractivity contribution in [1.29, 1.82) is 0 Å². The Morgan fingerprint density at radius 1 is 1.11 bits per heavy atom. The number of nitrogens with one attached hydrogen (secondary N) is 1. The second-order valence-electron chi connectivity index (χ2n) is 8.68. The molecular formula is C26H26ClN7O2. The minimum atomic E-state index is -0.187. The molecule has 184 valence electrons. The zero-order chi connectivity index (χ0) is 25.1. The number of rotatable bonds is 6. The Hall–Kier alpha value is -3.82. The molecule has 0 radical (unpaired) electrons. The van der Waals surface area contributed by atoms with Gasteiger partial charge in [-0.2, -0.15) is 0 Å². The molecule has 0 spiro atoms. The zero-order valence-corrected chi connectivity index (χ0v) is 20.9. The van der Waals surface area contributed by atoms with Crippen molar-refractivity contribution >= 4 is 40.0 Å². The molecule has 36 heavy (non-hydrogen) atoms. The highest BCUT2D eigenvalue weighted by atomic mass is 35.5. The molecule has 0 atom stereocenters. The third-order valence-corrected chi connectivity index (χ3v) is 6.35. The fourth-order valence-corrected chi connectivity index (χ4v) is 4.44. The number of carbonyl (C=O) groups excluding carboxylic acids is 1. The van der Waals surface area contributed by atoms with Gasteiger partial charge in [-0.1, -0.05) is 23.7 Å². The summed E-state index contributed by atoms with van der Waals surface area (Å²) in [6.45, 7) is 3.56. The van der Waals surface area contributed by atoms with E-state index in [1.807, 2.05) is 18.2 Å². The van der Waals surface area contributed by atoms with Crippen LogP contribution >= 0.6 is 11.6 Å². The van der Waals surface area contributed by atoms with Crippen molar-refractivity contribution < 1.29 is 9.53 Å². The Balaban J connectivity index is 1.47. The van der Waals surface area contributed by atoms with Crippen LogP contribution in [0.5, 0.6) is 5.75 Å². The number of nitrogens with zero attached hydrogens (tertiary/aromatic N) is 6. The Labute approximate surface area is 214 Å². The fraction of sp³-hybridized carbons (Fsp3) is 0.269. The smallest absolute Gasteiger partial charge is 0.229 e. The molecule has 1 aromatic carbocycles. The average molecular weight is 504 g/mol. The molecule has 4 aromatic rings. The maximum atomic E-state index is 12.6. The number of hydrogen-bond donors (Lipinski definition) is 1. The van der Waals surface area contributed by atoms with Gasteiger partial charge in [0.1, 0.15) is 17.4 Å². The van der Waals surface area contributed by atoms with Gasteiger partial charge in [0.05, 0.1) is 36.8 Å². The van der Waals surface area contributed by atoms with E-state index in [1.165, 1.54) is 0 Å². The Kier molecular flexibility index (Phi) is 6.92. The van der Waals surface area contributed by atoms with E-state index in [2.05, 4.69) is 32.1 Å². The highest BCUT2D eigenvalue weighted by Crippen LogP contribution is 2.34. The van der Waals surface area contributed by atoms with Crippen molar-refractivity contribution in [3.63, 3.8) is 0 Å². The number of fused-ring (bicyclic) bond motifs is 1. The van der Waals surface area contributed by atoms with Crippen molar-refractivity contribution in [1.82, 2.24) is 24.8 Å². The van der Waals surface area contributed by atoms with Crippen LogP contribution in [0.2, 0.25) is 5.02 Å². The first kappa shape index (κ1) is 23.9. The summed E-state index contributed by atoms with van der Waals surface area (Å²) >= 11 is 6.04. The number of piperazine rings is 1. The second kappa shape index (κ2) is 10.4. The summed E-state index contributed by atoms with van der Waals surface area (Å²) in [7, 11) is 3.74. The van der Waals surface area contributed by atoms with Gasteiger partial charge < -0.3 is 19.9 Å². The lowest BCUT2D eigenvalue weighted by Crippen LogP contribution is -2.45. The number of amides is 1. The van der Waals surface area contributed by atoms with E-state index in [9.17, 15) is 4.79 Å². The first-order chi connectivity index (χ1) is 17.5. The molecule has 1 aliphatic rings. The Morgan fingerprint density at radius 2 is 1.94 bits per heavy atom. The molecule has 5 rings (SSSR count). The maximum Gasteiger partial charge on any atom is 0.229 e. The lowest BCUT2D eigenvalue weighted by Gasteiger charge is -2.34. The molecule has 4 heterocycles. The summed E-state index contributed by atoms with van der Waals surface area (Å²) in [6.07, 6.45) is 5.23. The first-order valence-corrected chi connectivity index (χ1v) is 12.0. The molecular weight excluding hydrogens is 478 g/mol. The van der Waals surface area contributed by atoms with Crippen molar-refractivity contribution in [2.24, 2.45) is 0 Å². The van der Waals surface area contributed by atoms with E-state index in [1.54, 1.807) is 43.9 Å². The minimum absolute atomic E-state index is 0.187. The molecule has 0 aliphatic carbocycles. The second-order valence-corrected chi connectivity index (χ2v) is 9.12. The van der Waals surface area contributed by atoms with Crippen LogP contribution in [0, 0.1) is 0 Å². The highest BCUT2D eigenvalue weighted by Gasteiger charge is 2.22. The van der Waals surface area contributed by atoms with E-state index in [-0.39, 0.29) is 12.3 Å². The molecule has 1 fully saturated rings. The monoisotopic (exact) mass is 503 g/mol. The fourth-order valence-electron chi connectivity index (χ4n) is 4.22. The Morgan fingerprint density at radius 3 is 2.72 bits per heavy atom. The predicted octanol–water partition coefficient (Wildman–Crippen LogP) is 3.68. The number of methoxy groups -OCH3 is 1. The number of ether oxygens (including phenoxy) is 1. The van der Waals surface area contributed by atoms with Gasteiger partial charge in [-0.15, -0.1) is 0 Å². The van der Waals surface area contributed by atoms with Crippen LogP contribution < -0.4 is 15.0 Å². The third kappa shape index (κ3) is 5.22. The van der Waals surface area contributed by atoms with E-state index >= 15 is 0 Å². The lowest BCUT2D eigenvalue weighted by molar-refractivity contribution is -0.115. The SMILES string of the molecule is COc1cncc2nc(-c3ccnc(NC(=O)Cc4cccc(Cl)c4)c3)nc(N3CCN(C)CC3)c12. The standard InChI is InChI=1S/C26H26ClN7O2/c1-33-8-10-34(11-9-33)26-24-20(15-28-16-21(24)36-2)30-25(32-26)18-6-7-29-22(14-18)31-23(35)13-17-4-3-5-19(27)12-17/h3-7,12,14-16H,8-11,13H2,1-2H3,(H,29,31,35). The van der Waals surface area contributed by atoms with E-state index in [4.69, 9.17) is 26.3 Å². The third-order valence-electron chi connectivity index (χ3n) is 6.11. The van der Waals surface area contributed by atoms with Crippen molar-refractivity contribution in [2.45, 2.75) is 6.42 Å². The van der Waals surface area contributed by atoms with Gasteiger partial charge in [-0.3, -0.25) is 9.78 Å². The number of halogens is 1. The van der Waals surface area contributed by atoms with Crippen LogP contribution in [0.3, 0.4) is 0 Å². The van der Waals surface area contributed by atoms with Crippen LogP contribution in [0.25, 0.3) is 22.3 Å². The number of carbonyl (C=O) groups is 1. The van der Waals surface area contributed by atoms with Gasteiger partial charge in [0, 0.05) is 43.0 Å². The summed E-state index contributed by atoms with van der Waals surface area (Å²) in [4.78, 5) is 35.5. The van der Waals surface area contributed by atoms with Gasteiger partial charge in [0.2, 0.25) is 5.91 Å². The average Bonchev–Trinajstić information content (AvgIpc) is 2.88. The number of pyridine rings is 2. The molecule has 9 nitrogen and oxygen atoms in total. The summed E-state index contributed by atoms with van der Waals surface area (Å²) < 4.78 is 5.60. The molecule has 1 N–H and O–H groups in total. The number of benzene rings is 1. The molecule has 1 saturated heterocycles. The Bertz CT molecular complexity index is 1410. The lowest BCUT2D eigenvalue weighted by atomic mass is 10.1. The van der Waals surface area contributed by atoms with Gasteiger partial charge in [0.25, 0.3) is 0 Å². The number of likely N-dealkylation sites (N-methyl/N-ethyl adjacent to an activating group) is 1. The predicted molar refractivity (Wildman–Crippen MR) is 141 cm³/mol. The number of aromatic nitrogens is 4. The quantitative estimate of drug-likeness (QED) is 0.425. The maximum absolute atomic E-state index is 12.6. The van der Waals surface area contributed by atoms with E-state index < -0.39 is 0 Å². The topological polar surface area (TPSA) is 96.4 Å². The van der Waals surface area contributed by atoms with E-state index in [0.717, 1.165) is 48.5 Å². The van der Waals surface area contributed by atoms with Gasteiger partial charge in [0.15, 0.2) is 5.82 Å².